The maximum atomic E-state index is 12.8. The Morgan fingerprint density at radius 2 is 1.81 bits per heavy atom. The van der Waals surface area contributed by atoms with Gasteiger partial charge in [0, 0.05) is 11.5 Å². The summed E-state index contributed by atoms with van der Waals surface area (Å²) >= 11 is 0. The van der Waals surface area contributed by atoms with E-state index in [0.29, 0.717) is 36.0 Å². The summed E-state index contributed by atoms with van der Waals surface area (Å²) in [6, 6.07) is 17.0. The number of rotatable bonds is 5. The predicted octanol–water partition coefficient (Wildman–Crippen LogP) is 3.16. The van der Waals surface area contributed by atoms with Gasteiger partial charge in [-0.15, -0.1) is 0 Å². The molecule has 1 aliphatic rings. The number of methoxy groups -OCH3 is 2. The average molecular weight is 364 g/mol. The summed E-state index contributed by atoms with van der Waals surface area (Å²) in [5, 5.41) is 1.07. The van der Waals surface area contributed by atoms with Crippen LogP contribution < -0.4 is 14.2 Å². The molecule has 27 heavy (non-hydrogen) atoms. The molecule has 6 heteroatoms. The fourth-order valence-electron chi connectivity index (χ4n) is 3.19. The first-order chi connectivity index (χ1) is 13.2. The van der Waals surface area contributed by atoms with Gasteiger partial charge in [0.2, 0.25) is 5.88 Å². The van der Waals surface area contributed by atoms with Crippen molar-refractivity contribution >= 4 is 16.8 Å². The monoisotopic (exact) mass is 364 g/mol. The van der Waals surface area contributed by atoms with Gasteiger partial charge in [0.05, 0.1) is 38.4 Å². The molecule has 0 radical (unpaired) electrons. The van der Waals surface area contributed by atoms with Crippen LogP contribution in [0.2, 0.25) is 0 Å². The van der Waals surface area contributed by atoms with Gasteiger partial charge in [-0.1, -0.05) is 24.3 Å². The van der Waals surface area contributed by atoms with Crippen LogP contribution in [0.15, 0.2) is 54.6 Å². The van der Waals surface area contributed by atoms with E-state index in [0.717, 1.165) is 10.9 Å². The van der Waals surface area contributed by atoms with Gasteiger partial charge in [-0.2, -0.15) is 0 Å². The molecular weight excluding hydrogens is 344 g/mol. The summed E-state index contributed by atoms with van der Waals surface area (Å²) in [5.41, 5.74) is 1.38. The summed E-state index contributed by atoms with van der Waals surface area (Å²) in [6.45, 7) is 1.02. The molecule has 1 saturated heterocycles. The number of para-hydroxylation sites is 2. The van der Waals surface area contributed by atoms with E-state index in [1.165, 1.54) is 7.11 Å². The number of ether oxygens (including phenoxy) is 3. The van der Waals surface area contributed by atoms with Crippen molar-refractivity contribution in [2.24, 2.45) is 0 Å². The van der Waals surface area contributed by atoms with E-state index in [-0.39, 0.29) is 12.0 Å². The lowest BCUT2D eigenvalue weighted by molar-refractivity contribution is 0.0159. The zero-order valence-corrected chi connectivity index (χ0v) is 15.2. The van der Waals surface area contributed by atoms with E-state index in [2.05, 4.69) is 4.98 Å². The number of carbonyl (C=O) groups excluding carboxylic acids is 1. The number of benzene rings is 2. The highest BCUT2D eigenvalue weighted by Crippen LogP contribution is 2.32. The van der Waals surface area contributed by atoms with Crippen LogP contribution in [0, 0.1) is 0 Å². The zero-order valence-electron chi connectivity index (χ0n) is 15.2. The summed E-state index contributed by atoms with van der Waals surface area (Å²) in [4.78, 5) is 19.0. The molecule has 3 aromatic rings. The Morgan fingerprint density at radius 1 is 1.00 bits per heavy atom. The number of fused-ring (bicyclic) bond motifs is 1. The van der Waals surface area contributed by atoms with Gasteiger partial charge in [0.1, 0.15) is 6.10 Å². The van der Waals surface area contributed by atoms with Crippen LogP contribution in [0.25, 0.3) is 10.9 Å². The van der Waals surface area contributed by atoms with E-state index in [9.17, 15) is 4.79 Å². The van der Waals surface area contributed by atoms with Gasteiger partial charge in [-0.05, 0) is 24.3 Å². The number of hydrogen-bond acceptors (Lipinski definition) is 5. The molecule has 0 saturated carbocycles. The van der Waals surface area contributed by atoms with Crippen LogP contribution in [0.3, 0.4) is 0 Å². The van der Waals surface area contributed by atoms with Crippen LogP contribution in [0.1, 0.15) is 10.4 Å². The first-order valence-corrected chi connectivity index (χ1v) is 8.72. The molecule has 138 valence electrons. The van der Waals surface area contributed by atoms with E-state index >= 15 is 0 Å². The highest BCUT2D eigenvalue weighted by molar-refractivity contribution is 5.98. The van der Waals surface area contributed by atoms with Crippen molar-refractivity contribution in [3.8, 4) is 17.4 Å². The van der Waals surface area contributed by atoms with Crippen LogP contribution in [0.4, 0.5) is 0 Å². The lowest BCUT2D eigenvalue weighted by Crippen LogP contribution is -2.56. The number of aromatic nitrogens is 1. The molecule has 1 aliphatic heterocycles. The molecule has 0 bridgehead atoms. The number of nitrogens with zero attached hydrogens (tertiary/aromatic N) is 2. The van der Waals surface area contributed by atoms with Gasteiger partial charge < -0.3 is 19.1 Å². The topological polar surface area (TPSA) is 60.9 Å². The van der Waals surface area contributed by atoms with Crippen LogP contribution in [-0.2, 0) is 0 Å². The molecule has 1 aromatic heterocycles. The lowest BCUT2D eigenvalue weighted by Gasteiger charge is -2.38. The standard InChI is InChI=1S/C21H20N2O4/c1-25-18-9-5-7-16(20(18)26-2)21(24)23-12-15(13-23)27-19-11-10-14-6-3-4-8-17(14)22-19/h3-11,15H,12-13H2,1-2H3. The normalized spacial score (nSPS) is 13.9. The number of pyridine rings is 1. The number of carbonyl (C=O) groups is 1. The van der Waals surface area contributed by atoms with E-state index in [1.54, 1.807) is 30.2 Å². The number of amides is 1. The van der Waals surface area contributed by atoms with Crippen LogP contribution in [-0.4, -0.2) is 49.2 Å². The van der Waals surface area contributed by atoms with Gasteiger partial charge in [-0.25, -0.2) is 4.98 Å². The van der Waals surface area contributed by atoms with Crippen molar-refractivity contribution in [1.29, 1.82) is 0 Å². The summed E-state index contributed by atoms with van der Waals surface area (Å²) in [6.07, 6.45) is -0.0702. The second kappa shape index (κ2) is 7.15. The molecule has 1 fully saturated rings. The van der Waals surface area contributed by atoms with E-state index < -0.39 is 0 Å². The first kappa shape index (κ1) is 17.1. The Kier molecular flexibility index (Phi) is 4.54. The van der Waals surface area contributed by atoms with Crippen LogP contribution in [0.5, 0.6) is 17.4 Å². The maximum Gasteiger partial charge on any atom is 0.258 e. The second-order valence-electron chi connectivity index (χ2n) is 6.33. The smallest absolute Gasteiger partial charge is 0.258 e. The minimum atomic E-state index is -0.0999. The van der Waals surface area contributed by atoms with E-state index in [4.69, 9.17) is 14.2 Å². The van der Waals surface area contributed by atoms with Crippen molar-refractivity contribution < 1.29 is 19.0 Å². The quantitative estimate of drug-likeness (QED) is 0.696. The van der Waals surface area contributed by atoms with Gasteiger partial charge >= 0.3 is 0 Å². The third-order valence-electron chi connectivity index (χ3n) is 4.63. The summed E-state index contributed by atoms with van der Waals surface area (Å²) in [7, 11) is 3.08. The minimum absolute atomic E-state index is 0.0702. The first-order valence-electron chi connectivity index (χ1n) is 8.72. The molecule has 2 heterocycles. The molecular formula is C21H20N2O4. The predicted molar refractivity (Wildman–Crippen MR) is 102 cm³/mol. The largest absolute Gasteiger partial charge is 0.493 e. The highest BCUT2D eigenvalue weighted by atomic mass is 16.5. The molecule has 4 rings (SSSR count). The van der Waals surface area contributed by atoms with Crippen LogP contribution >= 0.6 is 0 Å². The Hall–Kier alpha value is -3.28. The van der Waals surface area contributed by atoms with Gasteiger partial charge in [-0.3, -0.25) is 4.79 Å². The number of likely N-dealkylation sites (tertiary alicyclic amines) is 1. The maximum absolute atomic E-state index is 12.8. The van der Waals surface area contributed by atoms with Gasteiger partial charge in [0.25, 0.3) is 5.91 Å². The molecule has 6 nitrogen and oxygen atoms in total. The number of hydrogen-bond donors (Lipinski definition) is 0. The molecule has 0 unspecified atom stereocenters. The Balaban J connectivity index is 1.42. The fourth-order valence-corrected chi connectivity index (χ4v) is 3.19. The van der Waals surface area contributed by atoms with Crippen molar-refractivity contribution in [2.45, 2.75) is 6.10 Å². The third kappa shape index (κ3) is 3.26. The van der Waals surface area contributed by atoms with Crippen molar-refractivity contribution in [3.63, 3.8) is 0 Å². The van der Waals surface area contributed by atoms with E-state index in [1.807, 2.05) is 36.4 Å². The molecule has 0 spiro atoms. The average Bonchev–Trinajstić information content (AvgIpc) is 2.69. The Morgan fingerprint density at radius 3 is 2.59 bits per heavy atom. The lowest BCUT2D eigenvalue weighted by atomic mass is 10.1. The Bertz CT molecular complexity index is 983. The van der Waals surface area contributed by atoms with Crippen molar-refractivity contribution in [1.82, 2.24) is 9.88 Å². The molecule has 1 amide bonds. The van der Waals surface area contributed by atoms with Crippen molar-refractivity contribution in [2.75, 3.05) is 27.3 Å². The van der Waals surface area contributed by atoms with Crippen molar-refractivity contribution in [3.05, 3.63) is 60.2 Å². The fraction of sp³-hybridized carbons (Fsp3) is 0.238. The molecule has 0 N–H and O–H groups in total. The molecule has 0 atom stereocenters. The highest BCUT2D eigenvalue weighted by Gasteiger charge is 2.34. The zero-order chi connectivity index (χ0) is 18.8. The second-order valence-corrected chi connectivity index (χ2v) is 6.33. The van der Waals surface area contributed by atoms with Gasteiger partial charge in [0.15, 0.2) is 11.5 Å². The Labute approximate surface area is 157 Å². The molecule has 0 aliphatic carbocycles. The minimum Gasteiger partial charge on any atom is -0.493 e. The third-order valence-corrected chi connectivity index (χ3v) is 4.63. The summed E-state index contributed by atoms with van der Waals surface area (Å²) < 4.78 is 16.5. The molecule has 2 aromatic carbocycles. The SMILES string of the molecule is COc1cccc(C(=O)N2CC(Oc3ccc4ccccc4n3)C2)c1OC. The summed E-state index contributed by atoms with van der Waals surface area (Å²) in [5.74, 6) is 1.46.